The quantitative estimate of drug-likeness (QED) is 0.762. The molecule has 2 aromatic carbocycles. The maximum atomic E-state index is 12.5. The van der Waals surface area contributed by atoms with Gasteiger partial charge in [-0.15, -0.1) is 0 Å². The first kappa shape index (κ1) is 18.6. The molecule has 0 unspecified atom stereocenters. The molecule has 0 aliphatic carbocycles. The largest absolute Gasteiger partial charge is 0.495 e. The second-order valence-electron chi connectivity index (χ2n) is 5.91. The standard InChI is InChI=1S/C18H21N3O3S2/c1-24-17-7-3-2-6-16(17)20-18(25)19-14-8-10-15(11-9-14)26(22,23)21-12-4-5-13-21/h2-3,6-11H,4-5,12-13H2,1H3,(H2,19,20,25). The molecular weight excluding hydrogens is 370 g/mol. The van der Waals surface area contributed by atoms with Crippen LogP contribution in [0.4, 0.5) is 11.4 Å². The number of rotatable bonds is 5. The minimum absolute atomic E-state index is 0.300. The second-order valence-corrected chi connectivity index (χ2v) is 8.26. The molecule has 1 aliphatic rings. The van der Waals surface area contributed by atoms with Crippen LogP contribution in [-0.2, 0) is 10.0 Å². The Morgan fingerprint density at radius 2 is 1.69 bits per heavy atom. The van der Waals surface area contributed by atoms with Gasteiger partial charge in [-0.1, -0.05) is 12.1 Å². The Morgan fingerprint density at radius 1 is 1.04 bits per heavy atom. The monoisotopic (exact) mass is 391 g/mol. The number of hydrogen-bond donors (Lipinski definition) is 2. The van der Waals surface area contributed by atoms with E-state index in [1.54, 1.807) is 31.4 Å². The van der Waals surface area contributed by atoms with Gasteiger partial charge in [0.05, 0.1) is 17.7 Å². The number of ether oxygens (including phenoxy) is 1. The zero-order chi connectivity index (χ0) is 18.6. The van der Waals surface area contributed by atoms with Crippen molar-refractivity contribution >= 4 is 38.7 Å². The summed E-state index contributed by atoms with van der Waals surface area (Å²) in [6, 6.07) is 14.1. The van der Waals surface area contributed by atoms with E-state index in [9.17, 15) is 8.42 Å². The SMILES string of the molecule is COc1ccccc1NC(=S)Nc1ccc(S(=O)(=O)N2CCCC2)cc1. The third-order valence-electron chi connectivity index (χ3n) is 4.17. The number of nitrogens with one attached hydrogen (secondary N) is 2. The molecule has 1 fully saturated rings. The fourth-order valence-electron chi connectivity index (χ4n) is 2.82. The molecule has 138 valence electrons. The molecular formula is C18H21N3O3S2. The van der Waals surface area contributed by atoms with E-state index < -0.39 is 10.0 Å². The van der Waals surface area contributed by atoms with E-state index in [0.29, 0.717) is 34.5 Å². The number of benzene rings is 2. The average molecular weight is 392 g/mol. The maximum Gasteiger partial charge on any atom is 0.243 e. The van der Waals surface area contributed by atoms with Gasteiger partial charge in [0.2, 0.25) is 10.0 Å². The molecule has 0 spiro atoms. The lowest BCUT2D eigenvalue weighted by Gasteiger charge is -2.16. The van der Waals surface area contributed by atoms with Gasteiger partial charge in [-0.2, -0.15) is 4.31 Å². The van der Waals surface area contributed by atoms with Crippen molar-refractivity contribution in [1.82, 2.24) is 4.31 Å². The second kappa shape index (κ2) is 8.03. The summed E-state index contributed by atoms with van der Waals surface area (Å²) in [5, 5.41) is 6.51. The van der Waals surface area contributed by atoms with E-state index in [2.05, 4.69) is 10.6 Å². The van der Waals surface area contributed by atoms with E-state index in [4.69, 9.17) is 17.0 Å². The lowest BCUT2D eigenvalue weighted by atomic mass is 10.3. The number of anilines is 2. The van der Waals surface area contributed by atoms with Crippen LogP contribution in [0, 0.1) is 0 Å². The van der Waals surface area contributed by atoms with Crippen LogP contribution in [0.5, 0.6) is 5.75 Å². The molecule has 6 nitrogen and oxygen atoms in total. The van der Waals surface area contributed by atoms with Crippen LogP contribution < -0.4 is 15.4 Å². The summed E-state index contributed by atoms with van der Waals surface area (Å²) in [6.07, 6.45) is 1.84. The van der Waals surface area contributed by atoms with Crippen LogP contribution in [-0.4, -0.2) is 38.0 Å². The third kappa shape index (κ3) is 4.14. The van der Waals surface area contributed by atoms with Crippen molar-refractivity contribution in [2.45, 2.75) is 17.7 Å². The molecule has 1 saturated heterocycles. The molecule has 1 heterocycles. The molecule has 1 aliphatic heterocycles. The van der Waals surface area contributed by atoms with Gasteiger partial charge in [0.15, 0.2) is 5.11 Å². The van der Waals surface area contributed by atoms with Crippen molar-refractivity contribution in [1.29, 1.82) is 0 Å². The van der Waals surface area contributed by atoms with Gasteiger partial charge in [0, 0.05) is 18.8 Å². The summed E-state index contributed by atoms with van der Waals surface area (Å²) in [5.74, 6) is 0.684. The summed E-state index contributed by atoms with van der Waals surface area (Å²) < 4.78 is 31.9. The van der Waals surface area contributed by atoms with Crippen molar-refractivity contribution < 1.29 is 13.2 Å². The van der Waals surface area contributed by atoms with Crippen molar-refractivity contribution in [2.75, 3.05) is 30.8 Å². The smallest absolute Gasteiger partial charge is 0.243 e. The van der Waals surface area contributed by atoms with E-state index in [0.717, 1.165) is 18.5 Å². The molecule has 0 amide bonds. The molecule has 8 heteroatoms. The molecule has 0 saturated carbocycles. The first-order chi connectivity index (χ1) is 12.5. The fraction of sp³-hybridized carbons (Fsp3) is 0.278. The van der Waals surface area contributed by atoms with Crippen LogP contribution in [0.2, 0.25) is 0 Å². The van der Waals surface area contributed by atoms with Gasteiger partial charge < -0.3 is 15.4 Å². The summed E-state index contributed by atoms with van der Waals surface area (Å²) in [5.41, 5.74) is 1.46. The van der Waals surface area contributed by atoms with Gasteiger partial charge >= 0.3 is 0 Å². The summed E-state index contributed by atoms with van der Waals surface area (Å²) in [7, 11) is -1.81. The normalized spacial score (nSPS) is 14.8. The molecule has 0 atom stereocenters. The minimum Gasteiger partial charge on any atom is -0.495 e. The molecule has 3 rings (SSSR count). The van der Waals surface area contributed by atoms with Crippen molar-refractivity contribution in [2.24, 2.45) is 0 Å². The number of para-hydroxylation sites is 2. The van der Waals surface area contributed by atoms with E-state index >= 15 is 0 Å². The van der Waals surface area contributed by atoms with Gasteiger partial charge in [0.25, 0.3) is 0 Å². The predicted molar refractivity (Wildman–Crippen MR) is 107 cm³/mol. The molecule has 26 heavy (non-hydrogen) atoms. The summed E-state index contributed by atoms with van der Waals surface area (Å²) in [6.45, 7) is 1.19. The zero-order valence-corrected chi connectivity index (χ0v) is 16.1. The van der Waals surface area contributed by atoms with E-state index in [1.165, 1.54) is 4.31 Å². The van der Waals surface area contributed by atoms with Gasteiger partial charge in [0.1, 0.15) is 5.75 Å². The Labute approximate surface area is 159 Å². The molecule has 0 radical (unpaired) electrons. The topological polar surface area (TPSA) is 70.7 Å². The van der Waals surface area contributed by atoms with Crippen molar-refractivity contribution in [3.05, 3.63) is 48.5 Å². The van der Waals surface area contributed by atoms with Crippen LogP contribution in [0.25, 0.3) is 0 Å². The number of nitrogens with zero attached hydrogens (tertiary/aromatic N) is 1. The third-order valence-corrected chi connectivity index (χ3v) is 6.29. The highest BCUT2D eigenvalue weighted by Gasteiger charge is 2.26. The molecule has 0 aromatic heterocycles. The highest BCUT2D eigenvalue weighted by atomic mass is 32.2. The molecule has 0 bridgehead atoms. The highest BCUT2D eigenvalue weighted by Crippen LogP contribution is 2.24. The van der Waals surface area contributed by atoms with Crippen molar-refractivity contribution in [3.63, 3.8) is 0 Å². The Hall–Kier alpha value is -2.16. The zero-order valence-electron chi connectivity index (χ0n) is 14.4. The number of sulfonamides is 1. The van der Waals surface area contributed by atoms with E-state index in [1.807, 2.05) is 24.3 Å². The van der Waals surface area contributed by atoms with Crippen LogP contribution in [0.15, 0.2) is 53.4 Å². The fourth-order valence-corrected chi connectivity index (χ4v) is 4.57. The first-order valence-electron chi connectivity index (χ1n) is 8.32. The maximum absolute atomic E-state index is 12.5. The lowest BCUT2D eigenvalue weighted by Crippen LogP contribution is -2.27. The Morgan fingerprint density at radius 3 is 2.35 bits per heavy atom. The van der Waals surface area contributed by atoms with Crippen LogP contribution in [0.3, 0.4) is 0 Å². The predicted octanol–water partition coefficient (Wildman–Crippen LogP) is 3.29. The lowest BCUT2D eigenvalue weighted by molar-refractivity contribution is 0.417. The number of hydrogen-bond acceptors (Lipinski definition) is 4. The summed E-state index contributed by atoms with van der Waals surface area (Å²) >= 11 is 5.31. The summed E-state index contributed by atoms with van der Waals surface area (Å²) in [4.78, 5) is 0.300. The van der Waals surface area contributed by atoms with Crippen molar-refractivity contribution in [3.8, 4) is 5.75 Å². The number of thiocarbonyl (C=S) groups is 1. The molecule has 2 N–H and O–H groups in total. The average Bonchev–Trinajstić information content (AvgIpc) is 3.18. The van der Waals surface area contributed by atoms with Gasteiger partial charge in [-0.3, -0.25) is 0 Å². The first-order valence-corrected chi connectivity index (χ1v) is 10.2. The van der Waals surface area contributed by atoms with Crippen LogP contribution in [0.1, 0.15) is 12.8 Å². The molecule has 2 aromatic rings. The Kier molecular flexibility index (Phi) is 5.75. The Bertz CT molecular complexity index is 877. The highest BCUT2D eigenvalue weighted by molar-refractivity contribution is 7.89. The van der Waals surface area contributed by atoms with Gasteiger partial charge in [-0.05, 0) is 61.5 Å². The Balaban J connectivity index is 1.66. The number of methoxy groups -OCH3 is 1. The van der Waals surface area contributed by atoms with Gasteiger partial charge in [-0.25, -0.2) is 8.42 Å². The minimum atomic E-state index is -3.40. The van der Waals surface area contributed by atoms with E-state index in [-0.39, 0.29) is 0 Å². The van der Waals surface area contributed by atoms with Crippen LogP contribution >= 0.6 is 12.2 Å².